The first-order valence-electron chi connectivity index (χ1n) is 18.9. The lowest BCUT2D eigenvalue weighted by Gasteiger charge is -2.09. The Morgan fingerprint density at radius 2 is 0.811 bits per heavy atom. The van der Waals surface area contributed by atoms with Gasteiger partial charge in [0.05, 0.1) is 165 Å². The number of hydrogen-bond acceptors (Lipinski definition) is 16. The van der Waals surface area contributed by atoms with E-state index < -0.39 is 5.97 Å². The van der Waals surface area contributed by atoms with E-state index in [1.165, 1.54) is 18.6 Å². The Bertz CT molecular complexity index is 788. The molecule has 1 aliphatic heterocycles. The second-order valence-corrected chi connectivity index (χ2v) is 14.2. The van der Waals surface area contributed by atoms with Gasteiger partial charge in [-0.2, -0.15) is 0 Å². The van der Waals surface area contributed by atoms with Gasteiger partial charge in [-0.3, -0.25) is 9.59 Å². The fraction of sp³-hybridized carbons (Fsp3) is 0.943. The largest absolute Gasteiger partial charge is 0.481 e. The summed E-state index contributed by atoms with van der Waals surface area (Å²) in [5.41, 5.74) is 0. The summed E-state index contributed by atoms with van der Waals surface area (Å²) >= 11 is 0. The second-order valence-electron chi connectivity index (χ2n) is 11.4. The van der Waals surface area contributed by atoms with Gasteiger partial charge in [-0.25, -0.2) is 0 Å². The molecule has 0 aliphatic carbocycles. The Hall–Kier alpha value is -0.840. The molecule has 0 aromatic rings. The molecular formula is C35H67NO15S2. The first-order chi connectivity index (χ1) is 26.2. The zero-order valence-corrected chi connectivity index (χ0v) is 33.3. The van der Waals surface area contributed by atoms with Gasteiger partial charge in [0.1, 0.15) is 0 Å². The minimum Gasteiger partial charge on any atom is -0.481 e. The normalized spacial score (nSPS) is 14.3. The van der Waals surface area contributed by atoms with Crippen LogP contribution in [0.1, 0.15) is 38.5 Å². The summed E-state index contributed by atoms with van der Waals surface area (Å²) in [6.45, 7) is 11.6. The van der Waals surface area contributed by atoms with Crippen LogP contribution in [0.3, 0.4) is 0 Å². The Morgan fingerprint density at radius 3 is 1.13 bits per heavy atom. The Morgan fingerprint density at radius 1 is 0.472 bits per heavy atom. The highest BCUT2D eigenvalue weighted by molar-refractivity contribution is 8.77. The molecule has 16 nitrogen and oxygen atoms in total. The minimum absolute atomic E-state index is 0.00481. The van der Waals surface area contributed by atoms with Crippen LogP contribution in [-0.2, 0) is 66.4 Å². The van der Waals surface area contributed by atoms with Crippen LogP contribution in [0, 0.1) is 0 Å². The maximum atomic E-state index is 11.9. The Labute approximate surface area is 324 Å². The fourth-order valence-electron chi connectivity index (χ4n) is 4.25. The van der Waals surface area contributed by atoms with Crippen LogP contribution in [0.2, 0.25) is 0 Å². The van der Waals surface area contributed by atoms with Crippen LogP contribution in [0.15, 0.2) is 0 Å². The Balaban J connectivity index is 1.61. The molecule has 0 spiro atoms. The van der Waals surface area contributed by atoms with Crippen LogP contribution < -0.4 is 5.32 Å². The van der Waals surface area contributed by atoms with Crippen molar-refractivity contribution in [2.45, 2.75) is 43.8 Å². The van der Waals surface area contributed by atoms with Crippen molar-refractivity contribution in [2.75, 3.05) is 171 Å². The van der Waals surface area contributed by atoms with Gasteiger partial charge in [-0.1, -0.05) is 28.0 Å². The molecule has 1 unspecified atom stereocenters. The van der Waals surface area contributed by atoms with Crippen LogP contribution in [0.4, 0.5) is 0 Å². The van der Waals surface area contributed by atoms with E-state index in [-0.39, 0.29) is 18.9 Å². The molecule has 0 saturated carbocycles. The van der Waals surface area contributed by atoms with E-state index in [1.54, 1.807) is 0 Å². The third kappa shape index (κ3) is 40.6. The summed E-state index contributed by atoms with van der Waals surface area (Å²) in [5.74, 6) is 0.490. The number of aliphatic carboxylic acids is 1. The molecule has 18 heteroatoms. The van der Waals surface area contributed by atoms with Crippen LogP contribution in [0.25, 0.3) is 0 Å². The summed E-state index contributed by atoms with van der Waals surface area (Å²) in [6.07, 6.45) is 5.19. The van der Waals surface area contributed by atoms with E-state index in [2.05, 4.69) is 5.32 Å². The van der Waals surface area contributed by atoms with Gasteiger partial charge >= 0.3 is 5.97 Å². The highest BCUT2D eigenvalue weighted by atomic mass is 33.1. The van der Waals surface area contributed by atoms with Crippen molar-refractivity contribution in [1.82, 2.24) is 5.32 Å². The highest BCUT2D eigenvalue weighted by Crippen LogP contribution is 2.39. The lowest BCUT2D eigenvalue weighted by atomic mass is 10.1. The number of unbranched alkanes of at least 4 members (excludes halogenated alkanes) is 1. The highest BCUT2D eigenvalue weighted by Gasteiger charge is 2.15. The molecule has 2 N–H and O–H groups in total. The van der Waals surface area contributed by atoms with Gasteiger partial charge in [0.2, 0.25) is 5.91 Å². The fourth-order valence-corrected chi connectivity index (χ4v) is 7.28. The minimum atomic E-state index is -0.876. The van der Waals surface area contributed by atoms with Crippen molar-refractivity contribution < 1.29 is 71.5 Å². The molecule has 53 heavy (non-hydrogen) atoms. The number of carbonyl (C=O) groups is 2. The summed E-state index contributed by atoms with van der Waals surface area (Å²) < 4.78 is 65.2. The molecule has 0 radical (unpaired) electrons. The molecule has 1 aliphatic rings. The molecular weight excluding hydrogens is 739 g/mol. The van der Waals surface area contributed by atoms with Crippen molar-refractivity contribution in [1.29, 1.82) is 0 Å². The number of carboxylic acids is 1. The SMILES string of the molecule is O=C(O)CCOCCOCCOCCOCCOCCOCCOCCOCCOCCOCCOCCOCCNC(=O)CCCCC1CCSS1. The van der Waals surface area contributed by atoms with Crippen molar-refractivity contribution in [2.24, 2.45) is 0 Å². The van der Waals surface area contributed by atoms with E-state index in [1.807, 2.05) is 21.6 Å². The predicted molar refractivity (Wildman–Crippen MR) is 202 cm³/mol. The van der Waals surface area contributed by atoms with Crippen molar-refractivity contribution in [3.05, 3.63) is 0 Å². The third-order valence-electron chi connectivity index (χ3n) is 7.03. The van der Waals surface area contributed by atoms with Crippen molar-refractivity contribution in [3.8, 4) is 0 Å². The van der Waals surface area contributed by atoms with E-state index in [4.69, 9.17) is 61.9 Å². The van der Waals surface area contributed by atoms with Crippen LogP contribution in [0.5, 0.6) is 0 Å². The summed E-state index contributed by atoms with van der Waals surface area (Å²) in [7, 11) is 3.96. The van der Waals surface area contributed by atoms with Gasteiger partial charge in [-0.15, -0.1) is 0 Å². The van der Waals surface area contributed by atoms with E-state index in [0.29, 0.717) is 165 Å². The Kier molecular flexibility index (Phi) is 40.1. The molecule has 0 bridgehead atoms. The molecule has 1 rings (SSSR count). The van der Waals surface area contributed by atoms with Gasteiger partial charge < -0.3 is 67.3 Å². The first kappa shape index (κ1) is 50.2. The average molecular weight is 806 g/mol. The number of carboxylic acid groups (broad SMARTS) is 1. The number of ether oxygens (including phenoxy) is 12. The van der Waals surface area contributed by atoms with Gasteiger partial charge in [0.15, 0.2) is 0 Å². The number of hydrogen-bond donors (Lipinski definition) is 2. The third-order valence-corrected chi connectivity index (χ3v) is 10.0. The summed E-state index contributed by atoms with van der Waals surface area (Å²) in [6, 6.07) is 0. The lowest BCUT2D eigenvalue weighted by Crippen LogP contribution is -2.27. The predicted octanol–water partition coefficient (Wildman–Crippen LogP) is 2.49. The van der Waals surface area contributed by atoms with Gasteiger partial charge in [0.25, 0.3) is 0 Å². The molecule has 0 aromatic heterocycles. The van der Waals surface area contributed by atoms with Crippen molar-refractivity contribution >= 4 is 33.5 Å². The number of rotatable bonds is 44. The molecule has 1 atom stereocenters. The monoisotopic (exact) mass is 805 g/mol. The summed E-state index contributed by atoms with van der Waals surface area (Å²) in [4.78, 5) is 22.2. The van der Waals surface area contributed by atoms with Crippen LogP contribution >= 0.6 is 21.6 Å². The van der Waals surface area contributed by atoms with E-state index in [9.17, 15) is 9.59 Å². The average Bonchev–Trinajstić information content (AvgIpc) is 3.68. The molecule has 1 amide bonds. The zero-order chi connectivity index (χ0) is 38.0. The molecule has 314 valence electrons. The smallest absolute Gasteiger partial charge is 0.305 e. The number of amides is 1. The standard InChI is InChI=1S/C35H67NO15S2/c37-34(4-2-1-3-33-6-32-52-53-33)36-7-9-41-11-13-43-15-17-45-19-21-47-23-25-49-27-29-51-31-30-50-28-26-48-24-22-46-20-18-44-16-14-42-12-10-40-8-5-35(38)39/h33H,1-32H2,(H,36,37)(H,38,39). The topological polar surface area (TPSA) is 177 Å². The quantitative estimate of drug-likeness (QED) is 0.0678. The maximum Gasteiger partial charge on any atom is 0.305 e. The molecule has 1 saturated heterocycles. The van der Waals surface area contributed by atoms with Gasteiger partial charge in [0, 0.05) is 24.0 Å². The van der Waals surface area contributed by atoms with E-state index >= 15 is 0 Å². The molecule has 1 heterocycles. The second kappa shape index (κ2) is 42.3. The maximum absolute atomic E-state index is 11.9. The first-order valence-corrected chi connectivity index (χ1v) is 21.3. The number of nitrogens with one attached hydrogen (secondary N) is 1. The van der Waals surface area contributed by atoms with Crippen molar-refractivity contribution in [3.63, 3.8) is 0 Å². The molecule has 0 aromatic carbocycles. The lowest BCUT2D eigenvalue weighted by molar-refractivity contribution is -0.138. The summed E-state index contributed by atoms with van der Waals surface area (Å²) in [5, 5.41) is 12.2. The van der Waals surface area contributed by atoms with Crippen LogP contribution in [-0.4, -0.2) is 193 Å². The van der Waals surface area contributed by atoms with E-state index in [0.717, 1.165) is 18.1 Å². The zero-order valence-electron chi connectivity index (χ0n) is 31.7. The number of carbonyl (C=O) groups excluding carboxylic acids is 1. The molecule has 1 fully saturated rings. The van der Waals surface area contributed by atoms with Gasteiger partial charge in [-0.05, 0) is 19.3 Å².